The first-order valence-electron chi connectivity index (χ1n) is 11.8. The third-order valence-electron chi connectivity index (χ3n) is 5.17. The number of hydrogen-bond acceptors (Lipinski definition) is 7. The van der Waals surface area contributed by atoms with Gasteiger partial charge in [0.05, 0.1) is 24.6 Å². The maximum absolute atomic E-state index is 15.3. The fourth-order valence-corrected chi connectivity index (χ4v) is 3.46. The number of nitrogens with one attached hydrogen (secondary N) is 1. The normalized spacial score (nSPS) is 11.9. The Kier molecular flexibility index (Phi) is 9.08. The highest BCUT2D eigenvalue weighted by molar-refractivity contribution is 6.58. The van der Waals surface area contributed by atoms with E-state index in [1.807, 2.05) is 0 Å². The van der Waals surface area contributed by atoms with Crippen molar-refractivity contribution in [2.75, 3.05) is 12.4 Å². The number of esters is 1. The Morgan fingerprint density at radius 3 is 2.10 bits per heavy atom. The number of ether oxygens (including phenoxy) is 4. The number of methoxy groups -OCH3 is 1. The van der Waals surface area contributed by atoms with Crippen molar-refractivity contribution in [3.8, 4) is 23.0 Å². The van der Waals surface area contributed by atoms with Gasteiger partial charge in [-0.25, -0.2) is 14.2 Å². The summed E-state index contributed by atoms with van der Waals surface area (Å²) in [4.78, 5) is 28.7. The number of amides is 1. The van der Waals surface area contributed by atoms with Gasteiger partial charge in [0.25, 0.3) is 5.91 Å². The lowest BCUT2D eigenvalue weighted by Gasteiger charge is -2.25. The molecule has 0 spiro atoms. The zero-order chi connectivity index (χ0) is 31.6. The van der Waals surface area contributed by atoms with Crippen molar-refractivity contribution in [3.05, 3.63) is 70.8 Å². The van der Waals surface area contributed by atoms with E-state index >= 15 is 4.39 Å². The van der Waals surface area contributed by atoms with Crippen LogP contribution in [0.1, 0.15) is 32.0 Å². The van der Waals surface area contributed by atoms with Crippen molar-refractivity contribution in [1.29, 1.82) is 0 Å². The van der Waals surface area contributed by atoms with Gasteiger partial charge in [-0.3, -0.25) is 4.79 Å². The molecular weight excluding hydrogens is 578 g/mol. The van der Waals surface area contributed by atoms with Gasteiger partial charge in [-0.05, 0) is 42.8 Å². The molecule has 1 amide bonds. The van der Waals surface area contributed by atoms with Crippen molar-refractivity contribution >= 4 is 41.1 Å². The highest BCUT2D eigenvalue weighted by atomic mass is 19.4. The molecule has 0 aliphatic heterocycles. The maximum Gasteiger partial charge on any atom is 0.573 e. The van der Waals surface area contributed by atoms with Crippen molar-refractivity contribution in [2.45, 2.75) is 24.8 Å². The van der Waals surface area contributed by atoms with Crippen molar-refractivity contribution in [1.82, 2.24) is 4.98 Å². The molecule has 8 nitrogen and oxygen atoms in total. The summed E-state index contributed by atoms with van der Waals surface area (Å²) in [5.74, 6) is -6.32. The highest BCUT2D eigenvalue weighted by Crippen LogP contribution is 2.41. The SMILES string of the molecule is BC(B)(B)Oc1cc(OC(F)(F)F)ccc1Oc1ccc(C(F)(F)F)c(F)c1C(=O)Nc1cnc(C(=O)OC)cc1C. The molecule has 0 atom stereocenters. The third kappa shape index (κ3) is 8.10. The number of aromatic nitrogens is 1. The second-order valence-electron chi connectivity index (χ2n) is 9.60. The monoisotopic (exact) mass is 598 g/mol. The van der Waals surface area contributed by atoms with Crippen molar-refractivity contribution in [3.63, 3.8) is 0 Å². The molecule has 18 heteroatoms. The maximum atomic E-state index is 15.3. The summed E-state index contributed by atoms with van der Waals surface area (Å²) >= 11 is 0. The molecule has 0 saturated heterocycles. The molecule has 0 fully saturated rings. The smallest absolute Gasteiger partial charge is 0.510 e. The predicted molar refractivity (Wildman–Crippen MR) is 142 cm³/mol. The molecule has 2 aromatic carbocycles. The first-order valence-corrected chi connectivity index (χ1v) is 11.8. The summed E-state index contributed by atoms with van der Waals surface area (Å²) in [6, 6.07) is 4.82. The van der Waals surface area contributed by atoms with Crippen molar-refractivity contribution in [2.24, 2.45) is 0 Å². The van der Waals surface area contributed by atoms with Gasteiger partial charge in [-0.2, -0.15) is 13.2 Å². The Morgan fingerprint density at radius 1 is 0.905 bits per heavy atom. The fourth-order valence-electron chi connectivity index (χ4n) is 3.46. The summed E-state index contributed by atoms with van der Waals surface area (Å²) < 4.78 is 114. The number of pyridine rings is 1. The van der Waals surface area contributed by atoms with Crippen LogP contribution in [0.25, 0.3) is 0 Å². The van der Waals surface area contributed by atoms with Gasteiger partial charge < -0.3 is 24.3 Å². The van der Waals surface area contributed by atoms with Gasteiger partial charge in [-0.1, -0.05) is 0 Å². The summed E-state index contributed by atoms with van der Waals surface area (Å²) in [7, 11) is 5.76. The summed E-state index contributed by atoms with van der Waals surface area (Å²) in [6.45, 7) is 1.43. The largest absolute Gasteiger partial charge is 0.573 e. The molecule has 3 aromatic rings. The quantitative estimate of drug-likeness (QED) is 0.242. The predicted octanol–water partition coefficient (Wildman–Crippen LogP) is 3.17. The number of benzene rings is 2. The molecule has 0 unspecified atom stereocenters. The molecule has 0 aliphatic rings. The Labute approximate surface area is 236 Å². The number of hydrogen-bond donors (Lipinski definition) is 1. The first kappa shape index (κ1) is 32.2. The average molecular weight is 598 g/mol. The molecular formula is C24H20B3F7N2O6. The first-order chi connectivity index (χ1) is 19.3. The number of rotatable bonds is 8. The zero-order valence-corrected chi connectivity index (χ0v) is 22.6. The van der Waals surface area contributed by atoms with Gasteiger partial charge >= 0.3 is 18.5 Å². The van der Waals surface area contributed by atoms with Crippen LogP contribution in [-0.2, 0) is 10.9 Å². The molecule has 0 saturated carbocycles. The van der Waals surface area contributed by atoms with E-state index in [1.165, 1.54) is 13.0 Å². The summed E-state index contributed by atoms with van der Waals surface area (Å²) in [5, 5.41) is 1.21. The van der Waals surface area contributed by atoms with Crippen LogP contribution in [0, 0.1) is 12.7 Å². The van der Waals surface area contributed by atoms with E-state index in [9.17, 15) is 35.9 Å². The minimum absolute atomic E-state index is 0.0826. The van der Waals surface area contributed by atoms with Crippen LogP contribution in [0.2, 0.25) is 0 Å². The van der Waals surface area contributed by atoms with Gasteiger partial charge in [-0.15, -0.1) is 13.2 Å². The summed E-state index contributed by atoms with van der Waals surface area (Å²) in [5.41, 5.74) is -2.95. The van der Waals surface area contributed by atoms with E-state index in [2.05, 4.69) is 19.8 Å². The Morgan fingerprint density at radius 2 is 1.55 bits per heavy atom. The van der Waals surface area contributed by atoms with Gasteiger partial charge in [0.1, 0.15) is 46.3 Å². The topological polar surface area (TPSA) is 96.0 Å². The number of carbonyl (C=O) groups is 2. The third-order valence-corrected chi connectivity index (χ3v) is 5.17. The Balaban J connectivity index is 2.10. The van der Waals surface area contributed by atoms with Crippen molar-refractivity contribution < 1.29 is 59.3 Å². The molecule has 0 bridgehead atoms. The van der Waals surface area contributed by atoms with Gasteiger partial charge in [0.15, 0.2) is 17.3 Å². The van der Waals surface area contributed by atoms with Crippen LogP contribution < -0.4 is 19.5 Å². The summed E-state index contributed by atoms with van der Waals surface area (Å²) in [6.07, 6.45) is -9.24. The standard InChI is InChI=1S/C24H20B3F7N2O6/c1-10-7-13(21(38)39-2)35-9-14(10)36-20(37)18-16(6-4-12(19(18)28)22(29,30)31)40-15-5-3-11(41-24(32,33)34)8-17(15)42-23(25,26)27/h3-9H,25-27H2,1-2H3,(H,36,37). The minimum atomic E-state index is -5.20. The number of halogens is 7. The molecule has 3 rings (SSSR count). The number of anilines is 1. The van der Waals surface area contributed by atoms with Crippen LogP contribution in [0.4, 0.5) is 36.4 Å². The minimum Gasteiger partial charge on any atom is -0.510 e. The van der Waals surface area contributed by atoms with E-state index < -0.39 is 58.2 Å². The fraction of sp³-hybridized carbons (Fsp3) is 0.208. The Hall–Kier alpha value is -4.37. The number of nitrogens with zero attached hydrogens (tertiary/aromatic N) is 1. The number of alkyl halides is 6. The molecule has 1 aromatic heterocycles. The second kappa shape index (κ2) is 11.9. The van der Waals surface area contributed by atoms with E-state index in [0.717, 1.165) is 31.5 Å². The number of carbonyl (C=O) groups excluding carboxylic acids is 2. The zero-order valence-electron chi connectivity index (χ0n) is 22.6. The van der Waals surface area contributed by atoms with Crippen LogP contribution in [-0.4, -0.2) is 59.2 Å². The van der Waals surface area contributed by atoms with Gasteiger partial charge in [0, 0.05) is 11.4 Å². The van der Waals surface area contributed by atoms with E-state index in [-0.39, 0.29) is 28.4 Å². The molecule has 1 N–H and O–H groups in total. The second-order valence-corrected chi connectivity index (χ2v) is 9.60. The lowest BCUT2D eigenvalue weighted by Crippen LogP contribution is -2.37. The molecule has 1 heterocycles. The average Bonchev–Trinajstić information content (AvgIpc) is 2.83. The van der Waals surface area contributed by atoms with Crippen LogP contribution in [0.5, 0.6) is 23.0 Å². The lowest BCUT2D eigenvalue weighted by atomic mass is 9.52. The lowest BCUT2D eigenvalue weighted by molar-refractivity contribution is -0.274. The molecule has 42 heavy (non-hydrogen) atoms. The van der Waals surface area contributed by atoms with Gasteiger partial charge in [0.2, 0.25) is 0 Å². The van der Waals surface area contributed by atoms with Crippen LogP contribution >= 0.6 is 0 Å². The van der Waals surface area contributed by atoms with E-state index in [4.69, 9.17) is 9.47 Å². The highest BCUT2D eigenvalue weighted by Gasteiger charge is 2.38. The molecule has 0 aliphatic carbocycles. The molecule has 0 radical (unpaired) electrons. The Bertz CT molecular complexity index is 1510. The number of aryl methyl sites for hydroxylation is 1. The van der Waals surface area contributed by atoms with Crippen LogP contribution in [0.15, 0.2) is 42.6 Å². The van der Waals surface area contributed by atoms with E-state index in [0.29, 0.717) is 12.1 Å². The van der Waals surface area contributed by atoms with E-state index in [1.54, 1.807) is 23.5 Å². The molecule has 220 valence electrons. The van der Waals surface area contributed by atoms with Crippen LogP contribution in [0.3, 0.4) is 0 Å².